The summed E-state index contributed by atoms with van der Waals surface area (Å²) in [7, 11) is 2.19. The standard InChI is InChI=1S/C19H24N2O/c1-21(15-17-6-3-2-4-7-17)12-5-8-16-9-10-19-18(14-16)20-11-13-22-19/h2-4,6-7,9-10,14,20H,5,8,11-13,15H2,1H3. The summed E-state index contributed by atoms with van der Waals surface area (Å²) in [5, 5.41) is 3.40. The number of ether oxygens (including phenoxy) is 1. The predicted octanol–water partition coefficient (Wildman–Crippen LogP) is 3.56. The van der Waals surface area contributed by atoms with Gasteiger partial charge in [0, 0.05) is 13.1 Å². The fourth-order valence-electron chi connectivity index (χ4n) is 2.87. The predicted molar refractivity (Wildman–Crippen MR) is 91.5 cm³/mol. The maximum Gasteiger partial charge on any atom is 0.142 e. The Balaban J connectivity index is 1.46. The van der Waals surface area contributed by atoms with Crippen molar-refractivity contribution < 1.29 is 4.74 Å². The van der Waals surface area contributed by atoms with Gasteiger partial charge in [-0.15, -0.1) is 0 Å². The third-order valence-electron chi connectivity index (χ3n) is 4.02. The highest BCUT2D eigenvalue weighted by Crippen LogP contribution is 2.28. The van der Waals surface area contributed by atoms with E-state index >= 15 is 0 Å². The highest BCUT2D eigenvalue weighted by atomic mass is 16.5. The minimum Gasteiger partial charge on any atom is -0.490 e. The quantitative estimate of drug-likeness (QED) is 0.882. The average Bonchev–Trinajstić information content (AvgIpc) is 2.55. The second-order valence-corrected chi connectivity index (χ2v) is 5.93. The molecule has 1 aliphatic heterocycles. The van der Waals surface area contributed by atoms with E-state index in [0.29, 0.717) is 0 Å². The molecule has 3 heteroatoms. The minimum atomic E-state index is 0.761. The van der Waals surface area contributed by atoms with Gasteiger partial charge in [0.1, 0.15) is 12.4 Å². The smallest absolute Gasteiger partial charge is 0.142 e. The molecule has 0 amide bonds. The number of benzene rings is 2. The van der Waals surface area contributed by atoms with Crippen LogP contribution < -0.4 is 10.1 Å². The molecule has 0 saturated heterocycles. The highest BCUT2D eigenvalue weighted by Gasteiger charge is 2.09. The van der Waals surface area contributed by atoms with Gasteiger partial charge in [-0.05, 0) is 49.7 Å². The summed E-state index contributed by atoms with van der Waals surface area (Å²) in [5.41, 5.74) is 3.89. The summed E-state index contributed by atoms with van der Waals surface area (Å²) in [6, 6.07) is 17.1. The number of nitrogens with zero attached hydrogens (tertiary/aromatic N) is 1. The van der Waals surface area contributed by atoms with Crippen molar-refractivity contribution in [2.45, 2.75) is 19.4 Å². The number of fused-ring (bicyclic) bond motifs is 1. The Morgan fingerprint density at radius 1 is 1.09 bits per heavy atom. The van der Waals surface area contributed by atoms with E-state index in [4.69, 9.17) is 4.74 Å². The average molecular weight is 296 g/mol. The van der Waals surface area contributed by atoms with Crippen LogP contribution in [0.2, 0.25) is 0 Å². The molecule has 1 heterocycles. The number of nitrogens with one attached hydrogen (secondary N) is 1. The van der Waals surface area contributed by atoms with Crippen molar-refractivity contribution >= 4 is 5.69 Å². The van der Waals surface area contributed by atoms with E-state index in [1.807, 2.05) is 0 Å². The molecule has 1 aliphatic rings. The fourth-order valence-corrected chi connectivity index (χ4v) is 2.87. The molecule has 22 heavy (non-hydrogen) atoms. The van der Waals surface area contributed by atoms with E-state index < -0.39 is 0 Å². The van der Waals surface area contributed by atoms with Gasteiger partial charge in [-0.25, -0.2) is 0 Å². The van der Waals surface area contributed by atoms with Gasteiger partial charge in [0.15, 0.2) is 0 Å². The van der Waals surface area contributed by atoms with Crippen molar-refractivity contribution in [2.24, 2.45) is 0 Å². The van der Waals surface area contributed by atoms with E-state index in [1.165, 1.54) is 17.5 Å². The molecule has 0 radical (unpaired) electrons. The van der Waals surface area contributed by atoms with Crippen LogP contribution >= 0.6 is 0 Å². The van der Waals surface area contributed by atoms with Gasteiger partial charge >= 0.3 is 0 Å². The first-order valence-corrected chi connectivity index (χ1v) is 8.03. The minimum absolute atomic E-state index is 0.761. The van der Waals surface area contributed by atoms with Gasteiger partial charge < -0.3 is 15.0 Å². The maximum absolute atomic E-state index is 5.62. The maximum atomic E-state index is 5.62. The molecular weight excluding hydrogens is 272 g/mol. The summed E-state index contributed by atoms with van der Waals surface area (Å²) < 4.78 is 5.62. The van der Waals surface area contributed by atoms with Gasteiger partial charge in [-0.1, -0.05) is 36.4 Å². The topological polar surface area (TPSA) is 24.5 Å². The first-order valence-electron chi connectivity index (χ1n) is 8.03. The number of rotatable bonds is 6. The van der Waals surface area contributed by atoms with E-state index in [9.17, 15) is 0 Å². The summed E-state index contributed by atoms with van der Waals surface area (Å²) >= 11 is 0. The molecule has 0 fully saturated rings. The fraction of sp³-hybridized carbons (Fsp3) is 0.368. The lowest BCUT2D eigenvalue weighted by Gasteiger charge is -2.20. The summed E-state index contributed by atoms with van der Waals surface area (Å²) in [4.78, 5) is 2.38. The van der Waals surface area contributed by atoms with Gasteiger partial charge in [0.25, 0.3) is 0 Å². The van der Waals surface area contributed by atoms with Crippen LogP contribution in [0.3, 0.4) is 0 Å². The third-order valence-corrected chi connectivity index (χ3v) is 4.02. The largest absolute Gasteiger partial charge is 0.490 e. The zero-order valence-corrected chi connectivity index (χ0v) is 13.2. The monoisotopic (exact) mass is 296 g/mol. The highest BCUT2D eigenvalue weighted by molar-refractivity contribution is 5.59. The van der Waals surface area contributed by atoms with E-state index in [-0.39, 0.29) is 0 Å². The molecule has 3 nitrogen and oxygen atoms in total. The Morgan fingerprint density at radius 2 is 1.95 bits per heavy atom. The van der Waals surface area contributed by atoms with Crippen molar-refractivity contribution in [1.29, 1.82) is 0 Å². The van der Waals surface area contributed by atoms with E-state index in [0.717, 1.165) is 44.1 Å². The normalized spacial score (nSPS) is 13.4. The molecule has 2 aromatic rings. The zero-order valence-electron chi connectivity index (χ0n) is 13.2. The lowest BCUT2D eigenvalue weighted by atomic mass is 10.1. The number of hydrogen-bond acceptors (Lipinski definition) is 3. The Hall–Kier alpha value is -2.00. The molecule has 0 atom stereocenters. The first kappa shape index (κ1) is 14.9. The van der Waals surface area contributed by atoms with Gasteiger partial charge in [0.05, 0.1) is 5.69 Å². The molecule has 0 spiro atoms. The van der Waals surface area contributed by atoms with Gasteiger partial charge in [-0.2, -0.15) is 0 Å². The number of anilines is 1. The van der Waals surface area contributed by atoms with Gasteiger partial charge in [-0.3, -0.25) is 0 Å². The molecule has 3 rings (SSSR count). The Bertz CT molecular complexity index is 598. The van der Waals surface area contributed by atoms with Gasteiger partial charge in [0.2, 0.25) is 0 Å². The molecule has 0 unspecified atom stereocenters. The van der Waals surface area contributed by atoms with Crippen LogP contribution in [0.15, 0.2) is 48.5 Å². The van der Waals surface area contributed by atoms with Crippen LogP contribution in [0.5, 0.6) is 5.75 Å². The van der Waals surface area contributed by atoms with Crippen LogP contribution in [0, 0.1) is 0 Å². The molecule has 116 valence electrons. The molecule has 0 saturated carbocycles. The molecule has 0 bridgehead atoms. The second kappa shape index (κ2) is 7.32. The van der Waals surface area contributed by atoms with Crippen molar-refractivity contribution in [1.82, 2.24) is 4.90 Å². The first-order chi connectivity index (χ1) is 10.8. The third kappa shape index (κ3) is 4.01. The van der Waals surface area contributed by atoms with Crippen molar-refractivity contribution in [3.8, 4) is 5.75 Å². The van der Waals surface area contributed by atoms with Crippen LogP contribution in [0.4, 0.5) is 5.69 Å². The van der Waals surface area contributed by atoms with Crippen molar-refractivity contribution in [2.75, 3.05) is 32.1 Å². The molecule has 0 aromatic heterocycles. The number of aryl methyl sites for hydroxylation is 1. The second-order valence-electron chi connectivity index (χ2n) is 5.93. The SMILES string of the molecule is CN(CCCc1ccc2c(c1)NCCO2)Cc1ccccc1. The van der Waals surface area contributed by atoms with Crippen LogP contribution in [0.1, 0.15) is 17.5 Å². The van der Waals surface area contributed by atoms with E-state index in [1.54, 1.807) is 0 Å². The Morgan fingerprint density at radius 3 is 2.82 bits per heavy atom. The molecule has 2 aromatic carbocycles. The molecule has 0 aliphatic carbocycles. The Kier molecular flexibility index (Phi) is 4.96. The Labute approximate surface area is 132 Å². The van der Waals surface area contributed by atoms with E-state index in [2.05, 4.69) is 65.8 Å². The lowest BCUT2D eigenvalue weighted by molar-refractivity contribution is 0.321. The summed E-state index contributed by atoms with van der Waals surface area (Å²) in [6.45, 7) is 3.78. The molecular formula is C19H24N2O. The van der Waals surface area contributed by atoms with Crippen LogP contribution in [-0.2, 0) is 13.0 Å². The zero-order chi connectivity index (χ0) is 15.2. The summed E-state index contributed by atoms with van der Waals surface area (Å²) in [5.74, 6) is 0.983. The van der Waals surface area contributed by atoms with Crippen LogP contribution in [0.25, 0.3) is 0 Å². The van der Waals surface area contributed by atoms with Crippen LogP contribution in [-0.4, -0.2) is 31.6 Å². The number of hydrogen-bond donors (Lipinski definition) is 1. The van der Waals surface area contributed by atoms with Crippen molar-refractivity contribution in [3.05, 3.63) is 59.7 Å². The lowest BCUT2D eigenvalue weighted by Crippen LogP contribution is -2.20. The molecule has 1 N–H and O–H groups in total. The summed E-state index contributed by atoms with van der Waals surface area (Å²) in [6.07, 6.45) is 2.27. The van der Waals surface area contributed by atoms with Crippen molar-refractivity contribution in [3.63, 3.8) is 0 Å².